The molecule has 0 aliphatic carbocycles. The average molecular weight is 191 g/mol. The van der Waals surface area contributed by atoms with Crippen molar-refractivity contribution >= 4 is 10.9 Å². The summed E-state index contributed by atoms with van der Waals surface area (Å²) in [5.41, 5.74) is 1.82. The predicted octanol–water partition coefficient (Wildman–Crippen LogP) is 1.20. The van der Waals surface area contributed by atoms with Gasteiger partial charge in [0.05, 0.1) is 6.61 Å². The molecule has 0 aliphatic heterocycles. The van der Waals surface area contributed by atoms with E-state index in [-0.39, 0.29) is 6.61 Å². The van der Waals surface area contributed by atoms with Gasteiger partial charge >= 0.3 is 0 Å². The largest absolute Gasteiger partial charge is 0.393 e. The summed E-state index contributed by atoms with van der Waals surface area (Å²) >= 11 is 0. The van der Waals surface area contributed by atoms with Gasteiger partial charge in [-0.05, 0) is 23.1 Å². The topological polar surface area (TPSA) is 45.4 Å². The standard InChI is InChI=1S/C11H13NO2/c1-12-5-4-8-2-3-9(6-10(8)12)11(14)7-13/h2-6,11,13-14H,7H2,1H3/t11-/m1/s1. The van der Waals surface area contributed by atoms with Crippen LogP contribution in [0.25, 0.3) is 10.9 Å². The van der Waals surface area contributed by atoms with E-state index in [1.165, 1.54) is 0 Å². The van der Waals surface area contributed by atoms with Crippen LogP contribution in [0.4, 0.5) is 0 Å². The summed E-state index contributed by atoms with van der Waals surface area (Å²) < 4.78 is 1.99. The Bertz CT molecular complexity index is 447. The number of benzene rings is 1. The van der Waals surface area contributed by atoms with E-state index in [4.69, 9.17) is 5.11 Å². The Labute approximate surface area is 82.2 Å². The summed E-state index contributed by atoms with van der Waals surface area (Å²) in [4.78, 5) is 0. The average Bonchev–Trinajstić information content (AvgIpc) is 2.59. The fourth-order valence-electron chi connectivity index (χ4n) is 1.59. The lowest BCUT2D eigenvalue weighted by atomic mass is 10.1. The summed E-state index contributed by atoms with van der Waals surface area (Å²) in [5.74, 6) is 0. The number of aliphatic hydroxyl groups excluding tert-OH is 2. The molecule has 1 heterocycles. The summed E-state index contributed by atoms with van der Waals surface area (Å²) in [6.07, 6.45) is 1.19. The quantitative estimate of drug-likeness (QED) is 0.749. The van der Waals surface area contributed by atoms with Crippen molar-refractivity contribution in [2.75, 3.05) is 6.61 Å². The van der Waals surface area contributed by atoms with E-state index < -0.39 is 6.10 Å². The number of rotatable bonds is 2. The van der Waals surface area contributed by atoms with Gasteiger partial charge in [0.2, 0.25) is 0 Å². The van der Waals surface area contributed by atoms with Gasteiger partial charge in [-0.2, -0.15) is 0 Å². The van der Waals surface area contributed by atoms with Gasteiger partial charge in [0.1, 0.15) is 6.10 Å². The van der Waals surface area contributed by atoms with Crippen molar-refractivity contribution in [2.45, 2.75) is 6.10 Å². The molecule has 0 saturated carbocycles. The van der Waals surface area contributed by atoms with Gasteiger partial charge in [0, 0.05) is 18.8 Å². The second-order valence-electron chi connectivity index (χ2n) is 3.44. The lowest BCUT2D eigenvalue weighted by Crippen LogP contribution is -2.02. The Morgan fingerprint density at radius 3 is 2.86 bits per heavy atom. The highest BCUT2D eigenvalue weighted by Gasteiger charge is 2.07. The van der Waals surface area contributed by atoms with Crippen molar-refractivity contribution in [3.8, 4) is 0 Å². The molecule has 2 rings (SSSR count). The van der Waals surface area contributed by atoms with Crippen molar-refractivity contribution < 1.29 is 10.2 Å². The number of aryl methyl sites for hydroxylation is 1. The first-order valence-electron chi connectivity index (χ1n) is 4.56. The van der Waals surface area contributed by atoms with Crippen molar-refractivity contribution in [1.82, 2.24) is 4.57 Å². The Kier molecular flexibility index (Phi) is 2.27. The van der Waals surface area contributed by atoms with E-state index in [1.807, 2.05) is 42.1 Å². The van der Waals surface area contributed by atoms with Crippen molar-refractivity contribution in [3.05, 3.63) is 36.0 Å². The fourth-order valence-corrected chi connectivity index (χ4v) is 1.59. The number of hydrogen-bond acceptors (Lipinski definition) is 2. The fraction of sp³-hybridized carbons (Fsp3) is 0.273. The minimum atomic E-state index is -0.783. The zero-order valence-electron chi connectivity index (χ0n) is 8.01. The number of hydrogen-bond donors (Lipinski definition) is 2. The first-order valence-corrected chi connectivity index (χ1v) is 4.56. The van der Waals surface area contributed by atoms with Crippen molar-refractivity contribution in [3.63, 3.8) is 0 Å². The minimum absolute atomic E-state index is 0.240. The molecule has 0 fully saturated rings. The van der Waals surface area contributed by atoms with Crippen LogP contribution in [0, 0.1) is 0 Å². The minimum Gasteiger partial charge on any atom is -0.393 e. The SMILES string of the molecule is Cn1ccc2ccc([C@H](O)CO)cc21. The van der Waals surface area contributed by atoms with Crippen molar-refractivity contribution in [1.29, 1.82) is 0 Å². The second-order valence-corrected chi connectivity index (χ2v) is 3.44. The molecule has 0 unspecified atom stereocenters. The highest BCUT2D eigenvalue weighted by molar-refractivity contribution is 5.80. The van der Waals surface area contributed by atoms with Crippen LogP contribution in [0.15, 0.2) is 30.5 Å². The maximum absolute atomic E-state index is 9.46. The highest BCUT2D eigenvalue weighted by Crippen LogP contribution is 2.20. The van der Waals surface area contributed by atoms with Gasteiger partial charge in [-0.15, -0.1) is 0 Å². The molecule has 2 aromatic rings. The van der Waals surface area contributed by atoms with Crippen LogP contribution in [0.3, 0.4) is 0 Å². The predicted molar refractivity (Wildman–Crippen MR) is 55.0 cm³/mol. The van der Waals surface area contributed by atoms with Gasteiger partial charge in [-0.25, -0.2) is 0 Å². The number of aromatic nitrogens is 1. The summed E-state index contributed by atoms with van der Waals surface area (Å²) in [5, 5.41) is 19.4. The zero-order chi connectivity index (χ0) is 10.1. The molecular weight excluding hydrogens is 178 g/mol. The van der Waals surface area contributed by atoms with Crippen LogP contribution in [-0.4, -0.2) is 21.4 Å². The van der Waals surface area contributed by atoms with Crippen molar-refractivity contribution in [2.24, 2.45) is 7.05 Å². The van der Waals surface area contributed by atoms with Gasteiger partial charge < -0.3 is 14.8 Å². The molecular formula is C11H13NO2. The molecule has 0 spiro atoms. The Hall–Kier alpha value is -1.32. The van der Waals surface area contributed by atoms with E-state index in [0.717, 1.165) is 16.5 Å². The first-order chi connectivity index (χ1) is 6.72. The number of fused-ring (bicyclic) bond motifs is 1. The molecule has 3 heteroatoms. The molecule has 3 nitrogen and oxygen atoms in total. The summed E-state index contributed by atoms with van der Waals surface area (Å²) in [6, 6.07) is 7.70. The molecule has 1 aromatic heterocycles. The third kappa shape index (κ3) is 1.41. The van der Waals surface area contributed by atoms with E-state index in [1.54, 1.807) is 0 Å². The Morgan fingerprint density at radius 1 is 1.36 bits per heavy atom. The monoisotopic (exact) mass is 191 g/mol. The van der Waals surface area contributed by atoms with E-state index >= 15 is 0 Å². The highest BCUT2D eigenvalue weighted by atomic mass is 16.3. The molecule has 14 heavy (non-hydrogen) atoms. The lowest BCUT2D eigenvalue weighted by Gasteiger charge is -2.07. The Balaban J connectivity index is 2.54. The van der Waals surface area contributed by atoms with Gasteiger partial charge in [0.15, 0.2) is 0 Å². The smallest absolute Gasteiger partial charge is 0.102 e. The molecule has 1 atom stereocenters. The summed E-state index contributed by atoms with van der Waals surface area (Å²) in [7, 11) is 1.96. The lowest BCUT2D eigenvalue weighted by molar-refractivity contribution is 0.0957. The van der Waals surface area contributed by atoms with Crippen LogP contribution in [0.1, 0.15) is 11.7 Å². The molecule has 0 saturated heterocycles. The second kappa shape index (κ2) is 3.44. The van der Waals surface area contributed by atoms with Crippen LogP contribution in [-0.2, 0) is 7.05 Å². The van der Waals surface area contributed by atoms with Gasteiger partial charge in [0.25, 0.3) is 0 Å². The molecule has 0 amide bonds. The molecule has 0 bridgehead atoms. The molecule has 2 N–H and O–H groups in total. The molecule has 0 aliphatic rings. The van der Waals surface area contributed by atoms with Crippen LogP contribution in [0.2, 0.25) is 0 Å². The number of nitrogens with zero attached hydrogens (tertiary/aromatic N) is 1. The first kappa shape index (κ1) is 9.24. The maximum atomic E-state index is 9.46. The van der Waals surface area contributed by atoms with Crippen LogP contribution >= 0.6 is 0 Å². The normalized spacial score (nSPS) is 13.4. The van der Waals surface area contributed by atoms with E-state index in [9.17, 15) is 5.11 Å². The molecule has 1 aromatic carbocycles. The molecule has 74 valence electrons. The molecule has 0 radical (unpaired) electrons. The third-order valence-electron chi connectivity index (χ3n) is 2.47. The van der Waals surface area contributed by atoms with E-state index in [2.05, 4.69) is 0 Å². The van der Waals surface area contributed by atoms with Crippen LogP contribution in [0.5, 0.6) is 0 Å². The Morgan fingerprint density at radius 2 is 2.14 bits per heavy atom. The summed E-state index contributed by atoms with van der Waals surface area (Å²) in [6.45, 7) is -0.240. The third-order valence-corrected chi connectivity index (χ3v) is 2.47. The number of aliphatic hydroxyl groups is 2. The van der Waals surface area contributed by atoms with Gasteiger partial charge in [-0.3, -0.25) is 0 Å². The van der Waals surface area contributed by atoms with E-state index in [0.29, 0.717) is 0 Å². The van der Waals surface area contributed by atoms with Crippen LogP contribution < -0.4 is 0 Å². The zero-order valence-corrected chi connectivity index (χ0v) is 8.01. The maximum Gasteiger partial charge on any atom is 0.102 e. The van der Waals surface area contributed by atoms with Gasteiger partial charge in [-0.1, -0.05) is 12.1 Å².